The van der Waals surface area contributed by atoms with Crippen LogP contribution in [0.3, 0.4) is 0 Å². The molecule has 39 heavy (non-hydrogen) atoms. The van der Waals surface area contributed by atoms with Crippen LogP contribution in [-0.2, 0) is 25.2 Å². The molecule has 1 fully saturated rings. The summed E-state index contributed by atoms with van der Waals surface area (Å²) < 4.78 is 50.6. The number of morpholine rings is 1. The highest BCUT2D eigenvalue weighted by atomic mass is 19.4. The molecule has 0 spiro atoms. The first-order chi connectivity index (χ1) is 18.5. The number of anilines is 2. The lowest BCUT2D eigenvalue weighted by molar-refractivity contribution is -0.151. The van der Waals surface area contributed by atoms with Crippen LogP contribution in [-0.4, -0.2) is 67.5 Å². The quantitative estimate of drug-likeness (QED) is 0.397. The molecule has 2 aromatic rings. The molecule has 2 aliphatic rings. The molecular weight excluding hydrogens is 519 g/mol. The molecule has 1 saturated heterocycles. The van der Waals surface area contributed by atoms with Gasteiger partial charge in [-0.3, -0.25) is 19.3 Å². The second kappa shape index (κ2) is 11.4. The number of benzene rings is 2. The van der Waals surface area contributed by atoms with Crippen LogP contribution in [0, 0.1) is 5.92 Å². The van der Waals surface area contributed by atoms with Gasteiger partial charge in [0.25, 0.3) is 17.7 Å². The van der Waals surface area contributed by atoms with E-state index in [1.807, 2.05) is 0 Å². The summed E-state index contributed by atoms with van der Waals surface area (Å²) in [4.78, 5) is 54.3. The molecule has 4 rings (SSSR count). The number of amides is 3. The molecule has 0 unspecified atom stereocenters. The number of esters is 1. The smallest absolute Gasteiger partial charge is 0.416 e. The van der Waals surface area contributed by atoms with Crippen LogP contribution < -0.4 is 10.2 Å². The number of carbonyl (C=O) groups is 4. The number of hydrogen-bond donors (Lipinski definition) is 1. The summed E-state index contributed by atoms with van der Waals surface area (Å²) in [6.07, 6.45) is -4.54. The number of nitrogens with zero attached hydrogens (tertiary/aromatic N) is 2. The third-order valence-electron chi connectivity index (χ3n) is 6.40. The summed E-state index contributed by atoms with van der Waals surface area (Å²) in [5.41, 5.74) is -0.333. The van der Waals surface area contributed by atoms with Gasteiger partial charge in [-0.1, -0.05) is 26.0 Å². The van der Waals surface area contributed by atoms with E-state index in [-0.39, 0.29) is 29.2 Å². The molecule has 0 radical (unpaired) electrons. The maximum atomic E-state index is 13.4. The molecule has 9 nitrogen and oxygen atoms in total. The van der Waals surface area contributed by atoms with Crippen molar-refractivity contribution >= 4 is 35.1 Å². The summed E-state index contributed by atoms with van der Waals surface area (Å²) in [7, 11) is 0. The van der Waals surface area contributed by atoms with Crippen LogP contribution in [0.2, 0.25) is 0 Å². The summed E-state index contributed by atoms with van der Waals surface area (Å²) in [6, 6.07) is 7.94. The monoisotopic (exact) mass is 547 g/mol. The number of rotatable bonds is 8. The van der Waals surface area contributed by atoms with Gasteiger partial charge in [0.15, 0.2) is 6.61 Å². The Hall–Kier alpha value is -3.93. The first kappa shape index (κ1) is 28.1. The fourth-order valence-electron chi connectivity index (χ4n) is 4.56. The van der Waals surface area contributed by atoms with Crippen LogP contribution >= 0.6 is 0 Å². The van der Waals surface area contributed by atoms with Gasteiger partial charge in [0.2, 0.25) is 0 Å². The Kier molecular flexibility index (Phi) is 8.24. The Bertz CT molecular complexity index is 1240. The van der Waals surface area contributed by atoms with Crippen molar-refractivity contribution in [1.29, 1.82) is 0 Å². The summed E-state index contributed by atoms with van der Waals surface area (Å²) in [5.74, 6) is -3.22. The molecular formula is C27H28F3N3O6. The van der Waals surface area contributed by atoms with Gasteiger partial charge in [0.1, 0.15) is 6.04 Å². The van der Waals surface area contributed by atoms with Gasteiger partial charge in [-0.05, 0) is 42.7 Å². The molecule has 0 aromatic heterocycles. The first-order valence-corrected chi connectivity index (χ1v) is 12.4. The number of carbonyl (C=O) groups excluding carboxylic acids is 4. The van der Waals surface area contributed by atoms with Gasteiger partial charge in [-0.15, -0.1) is 0 Å². The molecule has 2 heterocycles. The van der Waals surface area contributed by atoms with E-state index in [0.717, 1.165) is 17.0 Å². The predicted octanol–water partition coefficient (Wildman–Crippen LogP) is 3.73. The molecule has 12 heteroatoms. The van der Waals surface area contributed by atoms with Gasteiger partial charge < -0.3 is 19.7 Å². The molecule has 2 aliphatic heterocycles. The van der Waals surface area contributed by atoms with Crippen molar-refractivity contribution in [2.45, 2.75) is 32.5 Å². The van der Waals surface area contributed by atoms with Crippen LogP contribution in [0.25, 0.3) is 0 Å². The summed E-state index contributed by atoms with van der Waals surface area (Å²) >= 11 is 0. The summed E-state index contributed by atoms with van der Waals surface area (Å²) in [5, 5.41) is 2.41. The van der Waals surface area contributed by atoms with Crippen molar-refractivity contribution in [3.8, 4) is 0 Å². The van der Waals surface area contributed by atoms with E-state index in [9.17, 15) is 32.3 Å². The second-order valence-corrected chi connectivity index (χ2v) is 9.66. The van der Waals surface area contributed by atoms with Crippen LogP contribution in [0.4, 0.5) is 24.5 Å². The summed E-state index contributed by atoms with van der Waals surface area (Å²) in [6.45, 7) is 4.36. The first-order valence-electron chi connectivity index (χ1n) is 12.4. The van der Waals surface area contributed by atoms with E-state index in [4.69, 9.17) is 9.47 Å². The lowest BCUT2D eigenvalue weighted by Crippen LogP contribution is -2.46. The molecule has 0 saturated carbocycles. The minimum atomic E-state index is -4.63. The third kappa shape index (κ3) is 6.22. The highest BCUT2D eigenvalue weighted by Crippen LogP contribution is 2.36. The lowest BCUT2D eigenvalue weighted by atomic mass is 10.0. The predicted molar refractivity (Wildman–Crippen MR) is 134 cm³/mol. The molecule has 2 aromatic carbocycles. The molecule has 3 amide bonds. The van der Waals surface area contributed by atoms with E-state index in [1.54, 1.807) is 30.9 Å². The fourth-order valence-corrected chi connectivity index (χ4v) is 4.56. The van der Waals surface area contributed by atoms with E-state index in [1.165, 1.54) is 18.2 Å². The fraction of sp³-hybridized carbons (Fsp3) is 0.407. The normalized spacial score (nSPS) is 16.4. The Morgan fingerprint density at radius 1 is 1.03 bits per heavy atom. The van der Waals surface area contributed by atoms with E-state index in [0.29, 0.717) is 32.0 Å². The average Bonchev–Trinajstić information content (AvgIpc) is 3.15. The van der Waals surface area contributed by atoms with Crippen molar-refractivity contribution < 1.29 is 41.8 Å². The van der Waals surface area contributed by atoms with Crippen LogP contribution in [0.15, 0.2) is 42.5 Å². The zero-order valence-electron chi connectivity index (χ0n) is 21.4. The Morgan fingerprint density at radius 2 is 1.64 bits per heavy atom. The highest BCUT2D eigenvalue weighted by molar-refractivity contribution is 6.22. The number of alkyl halides is 3. The standard InChI is InChI=1S/C27H28F3N3O6/c1-16(2)13-22(33-24(35)18-5-3-4-6-19(18)25(33)36)26(37)39-15-23(34)31-20-14-17(27(28,29)30)7-8-21(20)32-9-11-38-12-10-32/h3-8,14,16,22H,9-13,15H2,1-2H3,(H,31,34)/t22-/m0/s1. The minimum Gasteiger partial charge on any atom is -0.454 e. The topological polar surface area (TPSA) is 105 Å². The van der Waals surface area contributed by atoms with Crippen molar-refractivity contribution in [1.82, 2.24) is 4.90 Å². The van der Waals surface area contributed by atoms with Gasteiger partial charge in [-0.25, -0.2) is 4.79 Å². The zero-order chi connectivity index (χ0) is 28.3. The number of ether oxygens (including phenoxy) is 2. The molecule has 1 N–H and O–H groups in total. The van der Waals surface area contributed by atoms with Crippen LogP contribution in [0.5, 0.6) is 0 Å². The van der Waals surface area contributed by atoms with E-state index in [2.05, 4.69) is 5.32 Å². The number of nitrogens with one attached hydrogen (secondary N) is 1. The second-order valence-electron chi connectivity index (χ2n) is 9.66. The largest absolute Gasteiger partial charge is 0.454 e. The third-order valence-corrected chi connectivity index (χ3v) is 6.40. The van der Waals surface area contributed by atoms with Gasteiger partial charge in [-0.2, -0.15) is 13.2 Å². The van der Waals surface area contributed by atoms with Gasteiger partial charge in [0, 0.05) is 13.1 Å². The van der Waals surface area contributed by atoms with Crippen LogP contribution in [0.1, 0.15) is 46.5 Å². The zero-order valence-corrected chi connectivity index (χ0v) is 21.4. The number of imide groups is 1. The maximum Gasteiger partial charge on any atom is 0.416 e. The molecule has 0 bridgehead atoms. The Balaban J connectivity index is 1.49. The van der Waals surface area contributed by atoms with Crippen molar-refractivity contribution in [2.75, 3.05) is 43.1 Å². The van der Waals surface area contributed by atoms with Gasteiger partial charge >= 0.3 is 12.1 Å². The Morgan fingerprint density at radius 3 is 2.21 bits per heavy atom. The van der Waals surface area contributed by atoms with Gasteiger partial charge in [0.05, 0.1) is 41.3 Å². The Labute approximate surface area is 222 Å². The van der Waals surface area contributed by atoms with E-state index >= 15 is 0 Å². The SMILES string of the molecule is CC(C)C[C@@H](C(=O)OCC(=O)Nc1cc(C(F)(F)F)ccc1N1CCOCC1)N1C(=O)c2ccccc2C1=O. The van der Waals surface area contributed by atoms with Crippen molar-refractivity contribution in [3.05, 3.63) is 59.2 Å². The highest BCUT2D eigenvalue weighted by Gasteiger charge is 2.43. The molecule has 208 valence electrons. The lowest BCUT2D eigenvalue weighted by Gasteiger charge is -2.31. The molecule has 1 atom stereocenters. The van der Waals surface area contributed by atoms with E-state index < -0.39 is 48.1 Å². The van der Waals surface area contributed by atoms with Crippen molar-refractivity contribution in [3.63, 3.8) is 0 Å². The number of hydrogen-bond acceptors (Lipinski definition) is 7. The maximum absolute atomic E-state index is 13.4. The number of fused-ring (bicyclic) bond motifs is 1. The number of halogens is 3. The molecule has 0 aliphatic carbocycles. The average molecular weight is 548 g/mol. The minimum absolute atomic E-state index is 0.0909. The van der Waals surface area contributed by atoms with Crippen molar-refractivity contribution in [2.24, 2.45) is 5.92 Å².